The normalized spacial score (nSPS) is 13.0. The van der Waals surface area contributed by atoms with Crippen LogP contribution in [0.4, 0.5) is 0 Å². The molecule has 0 fully saturated rings. The average molecular weight is 286 g/mol. The zero-order valence-electron chi connectivity index (χ0n) is 10.0. The van der Waals surface area contributed by atoms with Crippen molar-refractivity contribution in [2.24, 2.45) is 11.7 Å². The third-order valence-electron chi connectivity index (χ3n) is 2.62. The second kappa shape index (κ2) is 5.26. The third-order valence-corrected chi connectivity index (χ3v) is 3.36. The van der Waals surface area contributed by atoms with Crippen LogP contribution in [0.2, 0.25) is 10.0 Å². The molecule has 18 heavy (non-hydrogen) atoms. The molecule has 6 heteroatoms. The molecule has 0 aliphatic carbocycles. The maximum absolute atomic E-state index is 5.94. The summed E-state index contributed by atoms with van der Waals surface area (Å²) < 4.78 is 5.15. The van der Waals surface area contributed by atoms with E-state index in [-0.39, 0.29) is 12.0 Å². The second-order valence-corrected chi connectivity index (χ2v) is 5.17. The number of hydrogen-bond acceptors (Lipinski definition) is 4. The van der Waals surface area contributed by atoms with Gasteiger partial charge >= 0.3 is 0 Å². The molecule has 2 rings (SSSR count). The molecule has 2 aromatic rings. The molecule has 0 unspecified atom stereocenters. The Bertz CT molecular complexity index is 554. The standard InChI is InChI=1S/C12H13Cl2N3O/c1-6(2)10(15)12-16-11(17-18-12)7-3-4-8(13)9(14)5-7/h3-6,10H,15H2,1-2H3/t10-/m0/s1. The predicted molar refractivity (Wildman–Crippen MR) is 71.5 cm³/mol. The number of rotatable bonds is 3. The smallest absolute Gasteiger partial charge is 0.244 e. The van der Waals surface area contributed by atoms with Crippen LogP contribution in [0, 0.1) is 5.92 Å². The summed E-state index contributed by atoms with van der Waals surface area (Å²) in [5.41, 5.74) is 6.69. The molecule has 0 saturated carbocycles. The lowest BCUT2D eigenvalue weighted by atomic mass is 10.1. The molecule has 0 radical (unpaired) electrons. The summed E-state index contributed by atoms with van der Waals surface area (Å²) in [7, 11) is 0. The summed E-state index contributed by atoms with van der Waals surface area (Å²) in [5, 5.41) is 4.83. The average Bonchev–Trinajstić information content (AvgIpc) is 2.81. The summed E-state index contributed by atoms with van der Waals surface area (Å²) in [6.45, 7) is 3.99. The van der Waals surface area contributed by atoms with E-state index in [1.807, 2.05) is 13.8 Å². The fraction of sp³-hybridized carbons (Fsp3) is 0.333. The molecule has 0 aliphatic heterocycles. The van der Waals surface area contributed by atoms with Crippen molar-refractivity contribution in [1.82, 2.24) is 10.1 Å². The SMILES string of the molecule is CC(C)[C@H](N)c1nc(-c2ccc(Cl)c(Cl)c2)no1. The summed E-state index contributed by atoms with van der Waals surface area (Å²) in [4.78, 5) is 4.27. The van der Waals surface area contributed by atoms with Crippen LogP contribution < -0.4 is 5.73 Å². The minimum atomic E-state index is -0.269. The Kier molecular flexibility index (Phi) is 3.90. The Hall–Kier alpha value is -1.10. The Balaban J connectivity index is 2.32. The van der Waals surface area contributed by atoms with Gasteiger partial charge in [-0.15, -0.1) is 0 Å². The molecule has 4 nitrogen and oxygen atoms in total. The molecular weight excluding hydrogens is 273 g/mol. The van der Waals surface area contributed by atoms with E-state index in [4.69, 9.17) is 33.5 Å². The van der Waals surface area contributed by atoms with E-state index in [1.165, 1.54) is 0 Å². The second-order valence-electron chi connectivity index (χ2n) is 4.35. The van der Waals surface area contributed by atoms with Gasteiger partial charge in [-0.1, -0.05) is 42.2 Å². The maximum Gasteiger partial charge on any atom is 0.244 e. The van der Waals surface area contributed by atoms with Crippen LogP contribution in [-0.4, -0.2) is 10.1 Å². The van der Waals surface area contributed by atoms with E-state index in [1.54, 1.807) is 18.2 Å². The maximum atomic E-state index is 5.94. The van der Waals surface area contributed by atoms with Gasteiger partial charge in [0.15, 0.2) is 0 Å². The lowest BCUT2D eigenvalue weighted by Crippen LogP contribution is -2.16. The van der Waals surface area contributed by atoms with E-state index < -0.39 is 0 Å². The largest absolute Gasteiger partial charge is 0.337 e. The number of nitrogens with two attached hydrogens (primary N) is 1. The minimum Gasteiger partial charge on any atom is -0.337 e. The summed E-state index contributed by atoms with van der Waals surface area (Å²) in [6.07, 6.45) is 0. The van der Waals surface area contributed by atoms with Crippen LogP contribution in [0.25, 0.3) is 11.4 Å². The molecule has 2 N–H and O–H groups in total. The fourth-order valence-electron chi connectivity index (χ4n) is 1.41. The number of nitrogens with zero attached hydrogens (tertiary/aromatic N) is 2. The molecule has 96 valence electrons. The van der Waals surface area contributed by atoms with Crippen LogP contribution in [0.3, 0.4) is 0 Å². The van der Waals surface area contributed by atoms with E-state index in [0.29, 0.717) is 21.8 Å². The molecule has 1 atom stereocenters. The summed E-state index contributed by atoms with van der Waals surface area (Å²) in [6, 6.07) is 4.90. The van der Waals surface area contributed by atoms with Gasteiger partial charge in [0.1, 0.15) is 0 Å². The first-order valence-corrected chi connectivity index (χ1v) is 6.29. The zero-order chi connectivity index (χ0) is 13.3. The lowest BCUT2D eigenvalue weighted by Gasteiger charge is -2.09. The third kappa shape index (κ3) is 2.66. The zero-order valence-corrected chi connectivity index (χ0v) is 11.5. The van der Waals surface area contributed by atoms with E-state index in [9.17, 15) is 0 Å². The van der Waals surface area contributed by atoms with Crippen LogP contribution >= 0.6 is 23.2 Å². The topological polar surface area (TPSA) is 64.9 Å². The quantitative estimate of drug-likeness (QED) is 0.934. The van der Waals surface area contributed by atoms with Gasteiger partial charge < -0.3 is 10.3 Å². The van der Waals surface area contributed by atoms with E-state index in [0.717, 1.165) is 5.56 Å². The van der Waals surface area contributed by atoms with Gasteiger partial charge in [0.05, 0.1) is 16.1 Å². The lowest BCUT2D eigenvalue weighted by molar-refractivity contribution is 0.325. The van der Waals surface area contributed by atoms with Crippen molar-refractivity contribution in [2.75, 3.05) is 0 Å². The highest BCUT2D eigenvalue weighted by molar-refractivity contribution is 6.42. The van der Waals surface area contributed by atoms with Crippen molar-refractivity contribution in [1.29, 1.82) is 0 Å². The fourth-order valence-corrected chi connectivity index (χ4v) is 1.71. The Morgan fingerprint density at radius 1 is 1.22 bits per heavy atom. The van der Waals surface area contributed by atoms with Gasteiger partial charge in [0.2, 0.25) is 11.7 Å². The van der Waals surface area contributed by atoms with Crippen molar-refractivity contribution in [3.8, 4) is 11.4 Å². The van der Waals surface area contributed by atoms with Gasteiger partial charge in [-0.3, -0.25) is 0 Å². The molecule has 0 spiro atoms. The predicted octanol–water partition coefficient (Wildman–Crippen LogP) is 3.70. The van der Waals surface area contributed by atoms with Crippen LogP contribution in [0.1, 0.15) is 25.8 Å². The highest BCUT2D eigenvalue weighted by atomic mass is 35.5. The molecule has 0 bridgehead atoms. The highest BCUT2D eigenvalue weighted by Gasteiger charge is 2.18. The van der Waals surface area contributed by atoms with Crippen molar-refractivity contribution in [3.05, 3.63) is 34.1 Å². The van der Waals surface area contributed by atoms with Gasteiger partial charge in [-0.05, 0) is 24.1 Å². The number of aromatic nitrogens is 2. The number of hydrogen-bond donors (Lipinski definition) is 1. The van der Waals surface area contributed by atoms with Crippen molar-refractivity contribution in [2.45, 2.75) is 19.9 Å². The van der Waals surface area contributed by atoms with E-state index >= 15 is 0 Å². The Morgan fingerprint density at radius 2 is 1.94 bits per heavy atom. The molecule has 1 heterocycles. The molecule has 0 amide bonds. The van der Waals surface area contributed by atoms with Gasteiger partial charge in [-0.25, -0.2) is 0 Å². The summed E-state index contributed by atoms with van der Waals surface area (Å²) in [5.74, 6) is 1.11. The minimum absolute atomic E-state index is 0.229. The van der Waals surface area contributed by atoms with Gasteiger partial charge in [0.25, 0.3) is 0 Å². The molecule has 1 aromatic heterocycles. The summed E-state index contributed by atoms with van der Waals surface area (Å²) >= 11 is 11.8. The number of benzene rings is 1. The molecule has 0 saturated heterocycles. The monoisotopic (exact) mass is 285 g/mol. The highest BCUT2D eigenvalue weighted by Crippen LogP contribution is 2.28. The number of halogens is 2. The molecule has 0 aliphatic rings. The first-order valence-electron chi connectivity index (χ1n) is 5.53. The van der Waals surface area contributed by atoms with Crippen LogP contribution in [0.15, 0.2) is 22.7 Å². The first kappa shape index (κ1) is 13.3. The Morgan fingerprint density at radius 3 is 2.56 bits per heavy atom. The van der Waals surface area contributed by atoms with Crippen molar-refractivity contribution in [3.63, 3.8) is 0 Å². The molecular formula is C12H13Cl2N3O. The first-order chi connectivity index (χ1) is 8.49. The van der Waals surface area contributed by atoms with Crippen LogP contribution in [0.5, 0.6) is 0 Å². The van der Waals surface area contributed by atoms with Gasteiger partial charge in [-0.2, -0.15) is 4.98 Å². The molecule has 1 aromatic carbocycles. The van der Waals surface area contributed by atoms with E-state index in [2.05, 4.69) is 10.1 Å². The van der Waals surface area contributed by atoms with Gasteiger partial charge in [0, 0.05) is 5.56 Å². The Labute approximate surface area is 115 Å². The van der Waals surface area contributed by atoms with Crippen molar-refractivity contribution >= 4 is 23.2 Å². The van der Waals surface area contributed by atoms with Crippen LogP contribution in [-0.2, 0) is 0 Å². The van der Waals surface area contributed by atoms with Crippen molar-refractivity contribution < 1.29 is 4.52 Å².